The van der Waals surface area contributed by atoms with E-state index in [0.29, 0.717) is 18.6 Å². The number of carbonyl (C=O) groups excluding carboxylic acids is 1. The maximum absolute atomic E-state index is 11.8. The smallest absolute Gasteiger partial charge is 0.335 e. The maximum Gasteiger partial charge on any atom is 0.335 e. The van der Waals surface area contributed by atoms with Crippen molar-refractivity contribution in [2.24, 2.45) is 0 Å². The van der Waals surface area contributed by atoms with Crippen LogP contribution in [0.3, 0.4) is 0 Å². The molecule has 2 rings (SSSR count). The van der Waals surface area contributed by atoms with Crippen molar-refractivity contribution >= 4 is 5.97 Å². The van der Waals surface area contributed by atoms with E-state index in [9.17, 15) is 4.79 Å². The summed E-state index contributed by atoms with van der Waals surface area (Å²) in [5.41, 5.74) is 2.92. The molecule has 1 heterocycles. The molecular weight excluding hydrogens is 250 g/mol. The first-order chi connectivity index (χ1) is 9.76. The number of esters is 1. The summed E-state index contributed by atoms with van der Waals surface area (Å²) >= 11 is 0. The molecule has 1 unspecified atom stereocenters. The number of rotatable bonds is 5. The zero-order valence-electron chi connectivity index (χ0n) is 11.6. The molecule has 0 spiro atoms. The fourth-order valence-electron chi connectivity index (χ4n) is 2.29. The molecule has 1 aliphatic heterocycles. The van der Waals surface area contributed by atoms with Gasteiger partial charge in [-0.1, -0.05) is 36.4 Å². The Balaban J connectivity index is 2.15. The average Bonchev–Trinajstić information content (AvgIpc) is 2.50. The first-order valence-electron chi connectivity index (χ1n) is 6.75. The zero-order valence-corrected chi connectivity index (χ0v) is 11.6. The Morgan fingerprint density at radius 2 is 2.15 bits per heavy atom. The van der Waals surface area contributed by atoms with Crippen molar-refractivity contribution in [3.63, 3.8) is 0 Å². The largest absolute Gasteiger partial charge is 0.463 e. The van der Waals surface area contributed by atoms with Gasteiger partial charge in [0, 0.05) is 24.7 Å². The average molecular weight is 269 g/mol. The summed E-state index contributed by atoms with van der Waals surface area (Å²) in [5, 5.41) is 3.04. The van der Waals surface area contributed by atoms with Crippen LogP contribution in [0.4, 0.5) is 0 Å². The minimum atomic E-state index is -0.263. The Hall–Kier alpha value is -2.29. The van der Waals surface area contributed by atoms with Crippen LogP contribution in [-0.2, 0) is 9.53 Å². The molecule has 1 aromatic carbocycles. The van der Waals surface area contributed by atoms with Crippen LogP contribution < -0.4 is 5.32 Å². The topological polar surface area (TPSA) is 38.3 Å². The van der Waals surface area contributed by atoms with Crippen LogP contribution in [-0.4, -0.2) is 12.6 Å². The number of hydrogen-bond donors (Lipinski definition) is 1. The standard InChI is InChI=1S/C17H19NO2/c1-3-16(13-8-6-5-7-9-13)14-10-15(12-18-11-14)17(19)20-4-2/h3,5-9,11-12,16,18H,1,4,10H2,2H3. The fraction of sp³-hybridized carbons (Fsp3) is 0.235. The summed E-state index contributed by atoms with van der Waals surface area (Å²) in [6.07, 6.45) is 6.11. The molecule has 0 saturated carbocycles. The maximum atomic E-state index is 11.8. The van der Waals surface area contributed by atoms with Crippen molar-refractivity contribution in [2.75, 3.05) is 6.61 Å². The summed E-state index contributed by atoms with van der Waals surface area (Å²) in [7, 11) is 0. The third kappa shape index (κ3) is 3.18. The van der Waals surface area contributed by atoms with Crippen LogP contribution in [0.1, 0.15) is 24.8 Å². The van der Waals surface area contributed by atoms with E-state index in [1.807, 2.05) is 37.4 Å². The Kier molecular flexibility index (Phi) is 4.77. The summed E-state index contributed by atoms with van der Waals surface area (Å²) in [6.45, 7) is 6.11. The molecule has 1 aliphatic rings. The van der Waals surface area contributed by atoms with Crippen molar-refractivity contribution < 1.29 is 9.53 Å². The third-order valence-electron chi connectivity index (χ3n) is 3.25. The number of nitrogens with one attached hydrogen (secondary N) is 1. The first-order valence-corrected chi connectivity index (χ1v) is 6.75. The Morgan fingerprint density at radius 3 is 2.80 bits per heavy atom. The van der Waals surface area contributed by atoms with Gasteiger partial charge in [-0.3, -0.25) is 0 Å². The van der Waals surface area contributed by atoms with Crippen LogP contribution >= 0.6 is 0 Å². The quantitative estimate of drug-likeness (QED) is 0.658. The monoisotopic (exact) mass is 269 g/mol. The van der Waals surface area contributed by atoms with Crippen LogP contribution in [0, 0.1) is 0 Å². The number of ether oxygens (including phenoxy) is 1. The minimum absolute atomic E-state index is 0.0989. The van der Waals surface area contributed by atoms with Gasteiger partial charge in [0.15, 0.2) is 0 Å². The van der Waals surface area contributed by atoms with E-state index < -0.39 is 0 Å². The van der Waals surface area contributed by atoms with Crippen molar-refractivity contribution in [1.82, 2.24) is 5.32 Å². The van der Waals surface area contributed by atoms with E-state index in [1.165, 1.54) is 5.56 Å². The fourth-order valence-corrected chi connectivity index (χ4v) is 2.29. The number of dihydropyridines is 1. The predicted octanol–water partition coefficient (Wildman–Crippen LogP) is 3.28. The van der Waals surface area contributed by atoms with Gasteiger partial charge in [-0.05, 0) is 18.1 Å². The van der Waals surface area contributed by atoms with E-state index >= 15 is 0 Å². The van der Waals surface area contributed by atoms with Crippen molar-refractivity contribution in [3.05, 3.63) is 72.1 Å². The summed E-state index contributed by atoms with van der Waals surface area (Å²) in [6, 6.07) is 10.1. The molecule has 0 aliphatic carbocycles. The Morgan fingerprint density at radius 1 is 1.40 bits per heavy atom. The van der Waals surface area contributed by atoms with E-state index in [-0.39, 0.29) is 11.9 Å². The molecule has 0 aromatic heterocycles. The first kappa shape index (κ1) is 14.1. The second-order valence-corrected chi connectivity index (χ2v) is 4.58. The molecule has 20 heavy (non-hydrogen) atoms. The van der Waals surface area contributed by atoms with E-state index in [1.54, 1.807) is 6.20 Å². The lowest BCUT2D eigenvalue weighted by Gasteiger charge is -2.21. The number of benzene rings is 1. The van der Waals surface area contributed by atoms with Gasteiger partial charge in [-0.2, -0.15) is 0 Å². The molecule has 0 radical (unpaired) electrons. The normalized spacial score (nSPS) is 15.4. The number of allylic oxidation sites excluding steroid dienone is 2. The summed E-state index contributed by atoms with van der Waals surface area (Å²) < 4.78 is 5.05. The van der Waals surface area contributed by atoms with Gasteiger partial charge < -0.3 is 10.1 Å². The molecule has 0 fully saturated rings. The highest BCUT2D eigenvalue weighted by molar-refractivity contribution is 5.89. The molecule has 3 heteroatoms. The highest BCUT2D eigenvalue weighted by atomic mass is 16.5. The van der Waals surface area contributed by atoms with Gasteiger partial charge in [0.25, 0.3) is 0 Å². The van der Waals surface area contributed by atoms with Gasteiger partial charge in [0.2, 0.25) is 0 Å². The Labute approximate surface area is 119 Å². The summed E-state index contributed by atoms with van der Waals surface area (Å²) in [5.74, 6) is -0.164. The highest BCUT2D eigenvalue weighted by Crippen LogP contribution is 2.31. The lowest BCUT2D eigenvalue weighted by molar-refractivity contribution is -0.138. The third-order valence-corrected chi connectivity index (χ3v) is 3.25. The molecule has 3 nitrogen and oxygen atoms in total. The molecule has 0 bridgehead atoms. The van der Waals surface area contributed by atoms with Gasteiger partial charge in [0.05, 0.1) is 12.2 Å². The predicted molar refractivity (Wildman–Crippen MR) is 79.9 cm³/mol. The zero-order chi connectivity index (χ0) is 14.4. The van der Waals surface area contributed by atoms with E-state index in [4.69, 9.17) is 4.74 Å². The number of carbonyl (C=O) groups is 1. The van der Waals surface area contributed by atoms with E-state index in [2.05, 4.69) is 24.0 Å². The SMILES string of the molecule is C=CC(C1=CNC=C(C(=O)OCC)C1)c1ccccc1. The van der Waals surface area contributed by atoms with Gasteiger partial charge in [0.1, 0.15) is 0 Å². The molecule has 1 atom stereocenters. The highest BCUT2D eigenvalue weighted by Gasteiger charge is 2.21. The van der Waals surface area contributed by atoms with Crippen molar-refractivity contribution in [1.29, 1.82) is 0 Å². The van der Waals surface area contributed by atoms with Crippen LogP contribution in [0.15, 0.2) is 66.5 Å². The molecule has 0 saturated heterocycles. The molecule has 104 valence electrons. The molecular formula is C17H19NO2. The molecule has 1 N–H and O–H groups in total. The second-order valence-electron chi connectivity index (χ2n) is 4.58. The van der Waals surface area contributed by atoms with Crippen molar-refractivity contribution in [2.45, 2.75) is 19.3 Å². The van der Waals surface area contributed by atoms with Gasteiger partial charge in [-0.25, -0.2) is 4.79 Å². The van der Waals surface area contributed by atoms with Crippen LogP contribution in [0.5, 0.6) is 0 Å². The van der Waals surface area contributed by atoms with Gasteiger partial charge in [-0.15, -0.1) is 6.58 Å². The second kappa shape index (κ2) is 6.75. The summed E-state index contributed by atoms with van der Waals surface area (Å²) in [4.78, 5) is 11.8. The van der Waals surface area contributed by atoms with E-state index in [0.717, 1.165) is 5.57 Å². The van der Waals surface area contributed by atoms with Crippen LogP contribution in [0.2, 0.25) is 0 Å². The van der Waals surface area contributed by atoms with Crippen LogP contribution in [0.25, 0.3) is 0 Å². The minimum Gasteiger partial charge on any atom is -0.463 e. The Bertz CT molecular complexity index is 543. The lowest BCUT2D eigenvalue weighted by Crippen LogP contribution is -2.17. The van der Waals surface area contributed by atoms with Gasteiger partial charge >= 0.3 is 5.97 Å². The molecule has 1 aromatic rings. The molecule has 0 amide bonds. The lowest BCUT2D eigenvalue weighted by atomic mass is 9.87. The van der Waals surface area contributed by atoms with Crippen molar-refractivity contribution in [3.8, 4) is 0 Å². The number of hydrogen-bond acceptors (Lipinski definition) is 3.